The zero-order chi connectivity index (χ0) is 60.1. The second kappa shape index (κ2) is 34.0. The van der Waals surface area contributed by atoms with Crippen molar-refractivity contribution in [1.29, 1.82) is 0 Å². The molecule has 8 heterocycles. The lowest BCUT2D eigenvalue weighted by Crippen LogP contribution is -2.33. The van der Waals surface area contributed by atoms with Gasteiger partial charge in [0, 0.05) is 76.5 Å². The molecule has 5 aliphatic rings. The smallest absolute Gasteiger partial charge is 0.335 e. The third-order valence-electron chi connectivity index (χ3n) is 14.1. The molecular weight excluding hydrogens is 1150 g/mol. The molecule has 11 rings (SSSR count). The Labute approximate surface area is 509 Å². The first-order valence-electron chi connectivity index (χ1n) is 28.1. The number of methoxy groups -OCH3 is 3. The van der Waals surface area contributed by atoms with Crippen molar-refractivity contribution in [3.8, 4) is 17.2 Å². The molecule has 3 aromatic heterocycles. The maximum atomic E-state index is 12.9. The summed E-state index contributed by atoms with van der Waals surface area (Å²) in [4.78, 5) is 86.0. The van der Waals surface area contributed by atoms with E-state index in [1.54, 1.807) is 118 Å². The first-order valence-corrected chi connectivity index (χ1v) is 28.1. The fourth-order valence-corrected chi connectivity index (χ4v) is 9.54. The summed E-state index contributed by atoms with van der Waals surface area (Å²) >= 11 is 0. The number of hydroxylamine groups is 3. The van der Waals surface area contributed by atoms with E-state index in [-0.39, 0.29) is 60.8 Å². The summed E-state index contributed by atoms with van der Waals surface area (Å²) in [7, 11) is 4.70. The van der Waals surface area contributed by atoms with Crippen molar-refractivity contribution in [2.24, 2.45) is 0 Å². The van der Waals surface area contributed by atoms with Crippen LogP contribution in [0.2, 0.25) is 0 Å². The maximum Gasteiger partial charge on any atom is 0.335 e. The van der Waals surface area contributed by atoms with E-state index in [0.29, 0.717) is 86.6 Å². The van der Waals surface area contributed by atoms with Gasteiger partial charge >= 0.3 is 5.97 Å². The van der Waals surface area contributed by atoms with Crippen LogP contribution in [0, 0.1) is 0 Å². The van der Waals surface area contributed by atoms with Gasteiger partial charge in [-0.1, -0.05) is 7.43 Å². The van der Waals surface area contributed by atoms with Crippen molar-refractivity contribution in [2.45, 2.75) is 117 Å². The molecule has 470 valence electrons. The molecule has 2 unspecified atom stereocenters. The average molecular weight is 1230 g/mol. The molecule has 0 aliphatic carbocycles. The van der Waals surface area contributed by atoms with Crippen LogP contribution in [0.4, 0.5) is 0 Å². The molecule has 28 heteroatoms. The molecule has 3 aromatic carbocycles. The topological polar surface area (TPSA) is 316 Å². The lowest BCUT2D eigenvalue weighted by atomic mass is 10.2. The third kappa shape index (κ3) is 19.3. The molecule has 5 aliphatic heterocycles. The van der Waals surface area contributed by atoms with Crippen molar-refractivity contribution in [1.82, 2.24) is 60.9 Å². The minimum Gasteiger partial charge on any atom is -0.497 e. The minimum absolute atomic E-state index is 0. The predicted molar refractivity (Wildman–Crippen MR) is 315 cm³/mol. The van der Waals surface area contributed by atoms with Crippen molar-refractivity contribution >= 4 is 47.9 Å². The number of carboxylic acid groups (broad SMARTS) is 1. The summed E-state index contributed by atoms with van der Waals surface area (Å²) in [5.74, 6) is -0.405. The first kappa shape index (κ1) is 67.7. The highest BCUT2D eigenvalue weighted by Gasteiger charge is 2.27. The Kier molecular flexibility index (Phi) is 26.5. The van der Waals surface area contributed by atoms with Gasteiger partial charge in [-0.3, -0.25) is 43.2 Å². The van der Waals surface area contributed by atoms with E-state index in [9.17, 15) is 28.8 Å². The van der Waals surface area contributed by atoms with Crippen LogP contribution in [0.5, 0.6) is 17.2 Å². The number of halogens is 1. The first-order chi connectivity index (χ1) is 41.3. The van der Waals surface area contributed by atoms with E-state index in [0.717, 1.165) is 94.5 Å². The highest BCUT2D eigenvalue weighted by molar-refractivity contribution is 5.96. The number of nitrogens with one attached hydrogen (secondary N) is 4. The van der Waals surface area contributed by atoms with Gasteiger partial charge in [0.1, 0.15) is 17.2 Å². The lowest BCUT2D eigenvalue weighted by molar-refractivity contribution is -0.186. The third-order valence-corrected chi connectivity index (χ3v) is 14.1. The zero-order valence-corrected chi connectivity index (χ0v) is 49.0. The molecule has 5 amide bonds. The molecule has 2 saturated heterocycles. The van der Waals surface area contributed by atoms with Crippen LogP contribution >= 0.6 is 12.4 Å². The van der Waals surface area contributed by atoms with Gasteiger partial charge in [0.15, 0.2) is 29.7 Å². The summed E-state index contributed by atoms with van der Waals surface area (Å²) < 4.78 is 31.3. The molecular formula is C59H77ClN12O15. The number of carbonyl (C=O) groups is 6. The van der Waals surface area contributed by atoms with Crippen LogP contribution in [0.3, 0.4) is 0 Å². The zero-order valence-electron chi connectivity index (χ0n) is 48.1. The van der Waals surface area contributed by atoms with Crippen LogP contribution < -0.4 is 36.0 Å². The van der Waals surface area contributed by atoms with Gasteiger partial charge in [-0.05, 0) is 142 Å². The average Bonchev–Trinajstić information content (AvgIpc) is 2.45. The summed E-state index contributed by atoms with van der Waals surface area (Å²) in [6.45, 7) is 7.11. The van der Waals surface area contributed by atoms with Crippen molar-refractivity contribution in [3.05, 3.63) is 142 Å². The van der Waals surface area contributed by atoms with Gasteiger partial charge in [-0.25, -0.2) is 30.9 Å². The van der Waals surface area contributed by atoms with Crippen molar-refractivity contribution < 1.29 is 72.4 Å². The molecule has 2 atom stereocenters. The summed E-state index contributed by atoms with van der Waals surface area (Å²) in [5.41, 5.74) is 11.3. The predicted octanol–water partition coefficient (Wildman–Crippen LogP) is 6.20. The Balaban J connectivity index is 0.000000193. The number of hydrogen-bond donors (Lipinski definition) is 6. The lowest BCUT2D eigenvalue weighted by Gasteiger charge is -2.21. The minimum atomic E-state index is -0.923. The normalized spacial score (nSPS) is 16.8. The highest BCUT2D eigenvalue weighted by Crippen LogP contribution is 2.22. The molecule has 0 bridgehead atoms. The number of aromatic nitrogens is 6. The summed E-state index contributed by atoms with van der Waals surface area (Å²) in [6, 6.07) is 25.3. The standard InChI is InChI=1S/C21H26N4O5.C16H18N4O4.C13H20N4O3.C8H8O3.CH4.ClH/c1-28-17-8-6-15(7-9-17)21(27)24-10-4-11-25-16(14-24)13-18(22-25)20(26)23-30-19-5-2-3-12-29-19;1-24-13-5-3-11(4-6-13)16(22)19-7-2-8-20-12(10-19)9-14(17-20)15(21)18-23;18-13(16-20-12-4-1-2-7-19-12)11-8-10-9-14-5-3-6-17(10)15-11;1-11-7-4-2-6(3-5-7)8(9)10;;/h6-9,13,19H,2-5,10-12,14H2,1H3,(H,23,26);3-6,9,23H,2,7-8,10H2,1H3,(H,18,21);8,12,14H,1-7,9H2,(H,16,18);2-5H,1H3,(H,9,10);1H4;1H. The molecule has 87 heavy (non-hydrogen) atoms. The highest BCUT2D eigenvalue weighted by atomic mass is 35.5. The van der Waals surface area contributed by atoms with E-state index in [1.807, 2.05) is 4.68 Å². The number of hydrogen-bond acceptors (Lipinski definition) is 18. The Bertz CT molecular complexity index is 3160. The summed E-state index contributed by atoms with van der Waals surface area (Å²) in [6.07, 6.45) is 7.44. The molecule has 6 aromatic rings. The van der Waals surface area contributed by atoms with Gasteiger partial charge in [0.05, 0.1) is 57.1 Å². The van der Waals surface area contributed by atoms with E-state index in [1.165, 1.54) is 19.2 Å². The number of nitrogens with zero attached hydrogens (tertiary/aromatic N) is 8. The molecule has 6 N–H and O–H groups in total. The Morgan fingerprint density at radius 2 is 0.920 bits per heavy atom. The number of aromatic carboxylic acids is 1. The van der Waals surface area contributed by atoms with Crippen LogP contribution in [0.15, 0.2) is 91.0 Å². The van der Waals surface area contributed by atoms with Crippen molar-refractivity contribution in [3.63, 3.8) is 0 Å². The Morgan fingerprint density at radius 3 is 1.31 bits per heavy atom. The van der Waals surface area contributed by atoms with E-state index >= 15 is 0 Å². The number of aryl methyl sites for hydroxylation is 3. The number of carboxylic acids is 1. The van der Waals surface area contributed by atoms with E-state index in [4.69, 9.17) is 43.7 Å². The maximum absolute atomic E-state index is 12.9. The van der Waals surface area contributed by atoms with Gasteiger partial charge < -0.3 is 43.9 Å². The van der Waals surface area contributed by atoms with Crippen LogP contribution in [0.25, 0.3) is 0 Å². The fraction of sp³-hybridized carbons (Fsp3) is 0.441. The van der Waals surface area contributed by atoms with Crippen molar-refractivity contribution in [2.75, 3.05) is 54.2 Å². The summed E-state index contributed by atoms with van der Waals surface area (Å²) in [5, 5.41) is 33.4. The number of benzene rings is 3. The largest absolute Gasteiger partial charge is 0.497 e. The molecule has 27 nitrogen and oxygen atoms in total. The van der Waals surface area contributed by atoms with Gasteiger partial charge in [-0.2, -0.15) is 15.3 Å². The number of fused-ring (bicyclic) bond motifs is 3. The van der Waals surface area contributed by atoms with Gasteiger partial charge in [0.25, 0.3) is 29.5 Å². The fourth-order valence-electron chi connectivity index (χ4n) is 9.54. The molecule has 0 saturated carbocycles. The molecule has 0 spiro atoms. The quantitative estimate of drug-likeness (QED) is 0.0554. The van der Waals surface area contributed by atoms with Gasteiger partial charge in [0.2, 0.25) is 0 Å². The Morgan fingerprint density at radius 1 is 0.529 bits per heavy atom. The number of amides is 5. The van der Waals surface area contributed by atoms with Crippen LogP contribution in [-0.2, 0) is 58.4 Å². The second-order valence-electron chi connectivity index (χ2n) is 20.0. The van der Waals surface area contributed by atoms with E-state index < -0.39 is 24.1 Å². The number of carbonyl (C=O) groups excluding carboxylic acids is 5. The Hall–Kier alpha value is -8.44. The monoisotopic (exact) mass is 1230 g/mol. The molecule has 0 radical (unpaired) electrons. The number of rotatable bonds is 13. The second-order valence-corrected chi connectivity index (χ2v) is 20.0. The van der Waals surface area contributed by atoms with Crippen LogP contribution in [0.1, 0.15) is 145 Å². The SMILES string of the molecule is C.COc1ccc(C(=O)N2CCCn3nc(C(=O)NO)cc3C2)cc1.COc1ccc(C(=O)N2CCCn3nc(C(=O)NOC4CCCCO4)cc3C2)cc1.COc1ccc(C(=O)O)cc1.Cl.O=C(NOC1CCCCO1)c1cc2n(n1)CCCNC2. The van der Waals surface area contributed by atoms with Gasteiger partial charge in [-0.15, -0.1) is 12.4 Å². The van der Waals surface area contributed by atoms with Crippen LogP contribution in [-0.4, -0.2) is 152 Å². The molecule has 2 fully saturated rings. The number of ether oxygens (including phenoxy) is 5. The van der Waals surface area contributed by atoms with E-state index in [2.05, 4.69) is 31.6 Å².